The van der Waals surface area contributed by atoms with Crippen LogP contribution in [-0.2, 0) is 39.9 Å². The van der Waals surface area contributed by atoms with Gasteiger partial charge >= 0.3 is 18.0 Å². The Kier molecular flexibility index (Phi) is 8.37. The van der Waals surface area contributed by atoms with Gasteiger partial charge in [-0.1, -0.05) is 30.3 Å². The van der Waals surface area contributed by atoms with Crippen LogP contribution in [0.2, 0.25) is 0 Å². The topological polar surface area (TPSA) is 130 Å². The van der Waals surface area contributed by atoms with Gasteiger partial charge in [-0.3, -0.25) is 9.59 Å². The van der Waals surface area contributed by atoms with E-state index in [9.17, 15) is 19.5 Å². The number of amides is 1. The van der Waals surface area contributed by atoms with Crippen molar-refractivity contribution in [1.29, 1.82) is 0 Å². The molecule has 1 fully saturated rings. The van der Waals surface area contributed by atoms with Gasteiger partial charge in [0, 0.05) is 21.0 Å². The summed E-state index contributed by atoms with van der Waals surface area (Å²) in [7, 11) is 1.32. The van der Waals surface area contributed by atoms with Crippen molar-refractivity contribution in [3.63, 3.8) is 0 Å². The molecule has 1 amide bonds. The minimum atomic E-state index is -1.39. The van der Waals surface area contributed by atoms with Crippen LogP contribution in [0.5, 0.6) is 0 Å². The minimum Gasteiger partial charge on any atom is -0.463 e. The van der Waals surface area contributed by atoms with Crippen LogP contribution in [0.25, 0.3) is 0 Å². The van der Waals surface area contributed by atoms with Crippen LogP contribution in [0.4, 0.5) is 4.79 Å². The number of hydrogen-bond donors (Lipinski definition) is 2. The first-order valence-corrected chi connectivity index (χ1v) is 8.96. The molecule has 0 spiro atoms. The molecule has 10 nitrogen and oxygen atoms in total. The minimum absolute atomic E-state index is 0.0216. The molecular formula is C19H25NO9. The van der Waals surface area contributed by atoms with Gasteiger partial charge in [0.1, 0.15) is 31.5 Å². The van der Waals surface area contributed by atoms with Crippen LogP contribution in [0, 0.1) is 0 Å². The Labute approximate surface area is 168 Å². The summed E-state index contributed by atoms with van der Waals surface area (Å²) < 4.78 is 26.0. The molecule has 1 aromatic carbocycles. The number of esters is 2. The second kappa shape index (κ2) is 10.7. The standard InChI is InChI=1S/C19H25NO9/c1-11(21)26-10-14-16(23)17(28-12(2)22)15(18(25-3)29-14)20-19(24)27-9-13-7-5-4-6-8-13/h4-8,14-18,23H,9-10H2,1-3H3,(H,20,24)/t14-,15-,16-,17-,18+/m1/s1. The third kappa shape index (κ3) is 6.70. The summed E-state index contributed by atoms with van der Waals surface area (Å²) in [5, 5.41) is 13.1. The molecule has 10 heteroatoms. The van der Waals surface area contributed by atoms with Crippen molar-refractivity contribution in [1.82, 2.24) is 5.32 Å². The van der Waals surface area contributed by atoms with Crippen molar-refractivity contribution >= 4 is 18.0 Å². The maximum Gasteiger partial charge on any atom is 0.407 e. The zero-order chi connectivity index (χ0) is 21.4. The number of methoxy groups -OCH3 is 1. The number of alkyl carbamates (subject to hydrolysis) is 1. The highest BCUT2D eigenvalue weighted by molar-refractivity contribution is 5.69. The summed E-state index contributed by atoms with van der Waals surface area (Å²) in [6.45, 7) is 2.11. The van der Waals surface area contributed by atoms with Crippen LogP contribution in [-0.4, -0.2) is 67.5 Å². The number of rotatable bonds is 7. The Morgan fingerprint density at radius 2 is 1.79 bits per heavy atom. The van der Waals surface area contributed by atoms with Crippen LogP contribution in [0.15, 0.2) is 30.3 Å². The van der Waals surface area contributed by atoms with Crippen molar-refractivity contribution in [2.24, 2.45) is 0 Å². The third-order valence-corrected chi connectivity index (χ3v) is 4.16. The Hall–Kier alpha value is -2.69. The summed E-state index contributed by atoms with van der Waals surface area (Å²) in [5.74, 6) is -1.25. The SMILES string of the molecule is CO[C@H]1O[C@H](COC(C)=O)[C@@H](O)[C@H](OC(C)=O)[C@H]1NC(=O)OCc1ccccc1. The van der Waals surface area contributed by atoms with Gasteiger partial charge in [0.25, 0.3) is 0 Å². The fourth-order valence-corrected chi connectivity index (χ4v) is 2.84. The molecule has 2 rings (SSSR count). The van der Waals surface area contributed by atoms with Gasteiger partial charge in [-0.25, -0.2) is 4.79 Å². The highest BCUT2D eigenvalue weighted by atomic mass is 16.7. The quantitative estimate of drug-likeness (QED) is 0.487. The highest BCUT2D eigenvalue weighted by Gasteiger charge is 2.48. The Bertz CT molecular complexity index is 696. The van der Waals surface area contributed by atoms with Gasteiger partial charge in [-0.05, 0) is 5.56 Å². The van der Waals surface area contributed by atoms with Crippen molar-refractivity contribution in [3.8, 4) is 0 Å². The number of aliphatic hydroxyl groups is 1. The fraction of sp³-hybridized carbons (Fsp3) is 0.526. The maximum atomic E-state index is 12.2. The number of carbonyl (C=O) groups excluding carboxylic acids is 3. The fourth-order valence-electron chi connectivity index (χ4n) is 2.84. The van der Waals surface area contributed by atoms with E-state index in [1.165, 1.54) is 14.0 Å². The van der Waals surface area contributed by atoms with E-state index in [1.807, 2.05) is 18.2 Å². The molecule has 1 heterocycles. The number of ether oxygens (including phenoxy) is 5. The molecule has 1 aliphatic rings. The lowest BCUT2D eigenvalue weighted by atomic mass is 9.96. The van der Waals surface area contributed by atoms with E-state index in [4.69, 9.17) is 23.7 Å². The van der Waals surface area contributed by atoms with Gasteiger partial charge in [0.05, 0.1) is 0 Å². The van der Waals surface area contributed by atoms with E-state index in [-0.39, 0.29) is 13.2 Å². The lowest BCUT2D eigenvalue weighted by Gasteiger charge is -2.43. The zero-order valence-electron chi connectivity index (χ0n) is 16.4. The van der Waals surface area contributed by atoms with E-state index in [0.29, 0.717) is 0 Å². The van der Waals surface area contributed by atoms with E-state index < -0.39 is 48.7 Å². The van der Waals surface area contributed by atoms with Gasteiger partial charge in [-0.15, -0.1) is 0 Å². The Morgan fingerprint density at radius 1 is 1.10 bits per heavy atom. The summed E-state index contributed by atoms with van der Waals surface area (Å²) in [5.41, 5.74) is 0.781. The van der Waals surface area contributed by atoms with Crippen LogP contribution >= 0.6 is 0 Å². The van der Waals surface area contributed by atoms with Crippen molar-refractivity contribution in [2.75, 3.05) is 13.7 Å². The number of nitrogens with one attached hydrogen (secondary N) is 1. The maximum absolute atomic E-state index is 12.2. The van der Waals surface area contributed by atoms with Crippen molar-refractivity contribution in [2.45, 2.75) is 51.1 Å². The summed E-state index contributed by atoms with van der Waals surface area (Å²) >= 11 is 0. The molecule has 29 heavy (non-hydrogen) atoms. The van der Waals surface area contributed by atoms with Gasteiger partial charge in [0.15, 0.2) is 12.4 Å². The van der Waals surface area contributed by atoms with Gasteiger partial charge in [-0.2, -0.15) is 0 Å². The molecule has 2 N–H and O–H groups in total. The smallest absolute Gasteiger partial charge is 0.407 e. The predicted octanol–water partition coefficient (Wildman–Crippen LogP) is 0.508. The van der Waals surface area contributed by atoms with Gasteiger partial charge in [0.2, 0.25) is 0 Å². The third-order valence-electron chi connectivity index (χ3n) is 4.16. The lowest BCUT2D eigenvalue weighted by Crippen LogP contribution is -2.65. The largest absolute Gasteiger partial charge is 0.463 e. The molecule has 1 aromatic rings. The molecule has 5 atom stereocenters. The Balaban J connectivity index is 2.08. The van der Waals surface area contributed by atoms with E-state index in [0.717, 1.165) is 12.5 Å². The van der Waals surface area contributed by atoms with Crippen LogP contribution in [0.1, 0.15) is 19.4 Å². The first-order chi connectivity index (χ1) is 13.8. The lowest BCUT2D eigenvalue weighted by molar-refractivity contribution is -0.267. The average molecular weight is 411 g/mol. The molecule has 0 unspecified atom stereocenters. The summed E-state index contributed by atoms with van der Waals surface area (Å²) in [6.07, 6.45) is -5.52. The molecule has 0 saturated carbocycles. The van der Waals surface area contributed by atoms with E-state index in [2.05, 4.69) is 5.32 Å². The zero-order valence-corrected chi connectivity index (χ0v) is 16.4. The molecular weight excluding hydrogens is 386 g/mol. The molecule has 0 bridgehead atoms. The average Bonchev–Trinajstić information content (AvgIpc) is 2.69. The monoisotopic (exact) mass is 411 g/mol. The van der Waals surface area contributed by atoms with Crippen LogP contribution in [0.3, 0.4) is 0 Å². The normalized spacial score (nSPS) is 26.3. The molecule has 1 saturated heterocycles. The molecule has 0 aromatic heterocycles. The van der Waals surface area contributed by atoms with Crippen molar-refractivity contribution in [3.05, 3.63) is 35.9 Å². The number of benzene rings is 1. The van der Waals surface area contributed by atoms with E-state index >= 15 is 0 Å². The molecule has 1 aliphatic heterocycles. The highest BCUT2D eigenvalue weighted by Crippen LogP contribution is 2.25. The molecule has 160 valence electrons. The predicted molar refractivity (Wildman–Crippen MR) is 97.4 cm³/mol. The summed E-state index contributed by atoms with van der Waals surface area (Å²) in [6, 6.07) is 7.98. The summed E-state index contributed by atoms with van der Waals surface area (Å²) in [4.78, 5) is 34.8. The second-order valence-electron chi connectivity index (χ2n) is 6.38. The van der Waals surface area contributed by atoms with Crippen LogP contribution < -0.4 is 5.32 Å². The molecule has 0 radical (unpaired) electrons. The molecule has 0 aliphatic carbocycles. The number of aliphatic hydroxyl groups excluding tert-OH is 1. The second-order valence-corrected chi connectivity index (χ2v) is 6.38. The number of hydrogen-bond acceptors (Lipinski definition) is 9. The first-order valence-electron chi connectivity index (χ1n) is 8.96. The number of carbonyl (C=O) groups is 3. The van der Waals surface area contributed by atoms with Crippen molar-refractivity contribution < 1.29 is 43.2 Å². The Morgan fingerprint density at radius 3 is 2.38 bits per heavy atom. The van der Waals surface area contributed by atoms with E-state index in [1.54, 1.807) is 12.1 Å². The van der Waals surface area contributed by atoms with Gasteiger partial charge < -0.3 is 34.1 Å². The first kappa shape index (κ1) is 22.6.